The highest BCUT2D eigenvalue weighted by Crippen LogP contribution is 2.29. The normalized spacial score (nSPS) is 18.8. The number of nitrogens with zero attached hydrogens (tertiary/aromatic N) is 7. The van der Waals surface area contributed by atoms with Gasteiger partial charge in [-0.05, 0) is 42.5 Å². The number of aromatic nitrogens is 3. The molecule has 2 fully saturated rings. The number of piperazine rings is 1. The molecule has 0 N–H and O–H groups in total. The molecule has 0 saturated carbocycles. The van der Waals surface area contributed by atoms with Crippen LogP contribution in [0, 0.1) is 17.1 Å². The number of hydrogen-bond donors (Lipinski definition) is 0. The molecule has 3 aromatic rings. The molecule has 11 nitrogen and oxygen atoms in total. The number of ether oxygens (including phenoxy) is 1. The zero-order chi connectivity index (χ0) is 25.3. The number of hydrogen-bond acceptors (Lipinski definition) is 8. The lowest BCUT2D eigenvalue weighted by atomic mass is 10.2. The van der Waals surface area contributed by atoms with Gasteiger partial charge in [0.2, 0.25) is 10.0 Å². The second kappa shape index (κ2) is 9.56. The fourth-order valence-corrected chi connectivity index (χ4v) is 5.73. The molecule has 2 aliphatic heterocycles. The fourth-order valence-electron chi connectivity index (χ4n) is 4.31. The molecular weight excluding hydrogens is 489 g/mol. The lowest BCUT2D eigenvalue weighted by molar-refractivity contribution is 0.129. The third-order valence-corrected chi connectivity index (χ3v) is 8.09. The number of amides is 1. The molecule has 13 heteroatoms. The minimum Gasteiger partial charge on any atom is -0.442 e. The van der Waals surface area contributed by atoms with Crippen molar-refractivity contribution in [3.63, 3.8) is 0 Å². The van der Waals surface area contributed by atoms with Gasteiger partial charge in [-0.2, -0.15) is 9.57 Å². The summed E-state index contributed by atoms with van der Waals surface area (Å²) in [5.41, 5.74) is 1.09. The van der Waals surface area contributed by atoms with Crippen molar-refractivity contribution in [3.8, 4) is 6.07 Å². The van der Waals surface area contributed by atoms with E-state index in [4.69, 9.17) is 10.00 Å². The van der Waals surface area contributed by atoms with Crippen LogP contribution in [-0.4, -0.2) is 72.6 Å². The number of halogens is 1. The Morgan fingerprint density at radius 3 is 2.50 bits per heavy atom. The molecule has 0 unspecified atom stereocenters. The van der Waals surface area contributed by atoms with Crippen molar-refractivity contribution >= 4 is 27.5 Å². The van der Waals surface area contributed by atoms with Crippen molar-refractivity contribution in [1.29, 1.82) is 5.26 Å². The first-order chi connectivity index (χ1) is 17.3. The summed E-state index contributed by atoms with van der Waals surface area (Å²) < 4.78 is 49.2. The van der Waals surface area contributed by atoms with E-state index in [1.807, 2.05) is 6.07 Å². The first kappa shape index (κ1) is 23.7. The molecule has 0 radical (unpaired) electrons. The molecule has 1 atom stereocenters. The predicted octanol–water partition coefficient (Wildman–Crippen LogP) is 1.83. The first-order valence-corrected chi connectivity index (χ1v) is 12.7. The van der Waals surface area contributed by atoms with E-state index in [1.54, 1.807) is 27.9 Å². The van der Waals surface area contributed by atoms with Gasteiger partial charge in [-0.3, -0.25) is 4.90 Å². The third kappa shape index (κ3) is 4.60. The zero-order valence-electron chi connectivity index (χ0n) is 19.1. The summed E-state index contributed by atoms with van der Waals surface area (Å²) in [6, 6.07) is 12.3. The zero-order valence-corrected chi connectivity index (χ0v) is 19.9. The molecule has 2 aliphatic rings. The molecule has 2 saturated heterocycles. The highest BCUT2D eigenvalue weighted by Gasteiger charge is 2.34. The Morgan fingerprint density at radius 2 is 1.86 bits per heavy atom. The summed E-state index contributed by atoms with van der Waals surface area (Å²) in [4.78, 5) is 15.6. The van der Waals surface area contributed by atoms with E-state index in [1.165, 1.54) is 45.7 Å². The Balaban J connectivity index is 1.23. The van der Waals surface area contributed by atoms with Crippen LogP contribution in [-0.2, 0) is 21.3 Å². The highest BCUT2D eigenvalue weighted by molar-refractivity contribution is 7.89. The van der Waals surface area contributed by atoms with Crippen molar-refractivity contribution in [2.75, 3.05) is 42.5 Å². The summed E-state index contributed by atoms with van der Waals surface area (Å²) in [5.74, 6) is -0.511. The number of carbonyl (C=O) groups excluding carboxylic acids is 1. The maximum Gasteiger partial charge on any atom is 0.414 e. The van der Waals surface area contributed by atoms with Crippen molar-refractivity contribution in [2.24, 2.45) is 0 Å². The minimum absolute atomic E-state index is 0.116. The van der Waals surface area contributed by atoms with Crippen LogP contribution in [0.5, 0.6) is 0 Å². The topological polar surface area (TPSA) is 125 Å². The average Bonchev–Trinajstić information content (AvgIpc) is 3.53. The summed E-state index contributed by atoms with van der Waals surface area (Å²) in [6.07, 6.45) is 2.20. The molecule has 3 heterocycles. The minimum atomic E-state index is -3.72. The van der Waals surface area contributed by atoms with Gasteiger partial charge in [-0.15, -0.1) is 5.10 Å². The maximum atomic E-state index is 15.1. The van der Waals surface area contributed by atoms with E-state index in [2.05, 4.69) is 10.3 Å². The Bertz CT molecular complexity index is 1400. The molecule has 186 valence electrons. The number of anilines is 2. The number of rotatable bonds is 6. The van der Waals surface area contributed by atoms with Crippen LogP contribution in [0.1, 0.15) is 5.56 Å². The lowest BCUT2D eigenvalue weighted by Crippen LogP contribution is -2.48. The number of carbonyl (C=O) groups is 1. The van der Waals surface area contributed by atoms with E-state index in [0.717, 1.165) is 0 Å². The lowest BCUT2D eigenvalue weighted by Gasteiger charge is -2.35. The van der Waals surface area contributed by atoms with Gasteiger partial charge in [-0.1, -0.05) is 5.21 Å². The predicted molar refractivity (Wildman–Crippen MR) is 126 cm³/mol. The molecule has 1 aromatic heterocycles. The van der Waals surface area contributed by atoms with E-state index in [9.17, 15) is 13.2 Å². The monoisotopic (exact) mass is 511 g/mol. The molecule has 5 rings (SSSR count). The summed E-state index contributed by atoms with van der Waals surface area (Å²) >= 11 is 0. The Morgan fingerprint density at radius 1 is 1.11 bits per heavy atom. The van der Waals surface area contributed by atoms with Crippen LogP contribution in [0.25, 0.3) is 0 Å². The largest absolute Gasteiger partial charge is 0.442 e. The quantitative estimate of drug-likeness (QED) is 0.491. The summed E-state index contributed by atoms with van der Waals surface area (Å²) in [6.45, 7) is 1.58. The maximum absolute atomic E-state index is 15.1. The molecule has 0 aliphatic carbocycles. The molecular formula is C23H22FN7O4S. The average molecular weight is 512 g/mol. The van der Waals surface area contributed by atoms with Crippen molar-refractivity contribution < 1.29 is 22.3 Å². The van der Waals surface area contributed by atoms with Crippen LogP contribution in [0.4, 0.5) is 20.6 Å². The van der Waals surface area contributed by atoms with Crippen molar-refractivity contribution in [1.82, 2.24) is 19.3 Å². The first-order valence-electron chi connectivity index (χ1n) is 11.2. The van der Waals surface area contributed by atoms with Crippen LogP contribution < -0.4 is 9.80 Å². The highest BCUT2D eigenvalue weighted by atomic mass is 32.2. The fraction of sp³-hybridized carbons (Fsp3) is 0.304. The molecule has 1 amide bonds. The number of nitriles is 1. The van der Waals surface area contributed by atoms with Gasteiger partial charge < -0.3 is 9.64 Å². The second-order valence-corrected chi connectivity index (χ2v) is 10.3. The van der Waals surface area contributed by atoms with Crippen molar-refractivity contribution in [2.45, 2.75) is 17.5 Å². The van der Waals surface area contributed by atoms with Gasteiger partial charge >= 0.3 is 6.09 Å². The van der Waals surface area contributed by atoms with E-state index in [-0.39, 0.29) is 24.5 Å². The third-order valence-electron chi connectivity index (χ3n) is 6.18. The standard InChI is InChI=1S/C23H22FN7O4S/c24-21-13-18(31-16-19(35-23(31)32)15-29-8-7-26-27-29)3-6-22(21)28-9-11-30(12-10-28)36(33,34)20-4-1-17(14-25)2-5-20/h1-8,13,19H,9-12,15-16H2/t19-/m0/s1. The Kier molecular flexibility index (Phi) is 6.29. The number of sulfonamides is 1. The van der Waals surface area contributed by atoms with Crippen LogP contribution in [0.15, 0.2) is 59.8 Å². The van der Waals surface area contributed by atoms with Gasteiger partial charge in [0, 0.05) is 32.4 Å². The van der Waals surface area contributed by atoms with Crippen molar-refractivity contribution in [3.05, 3.63) is 66.2 Å². The van der Waals surface area contributed by atoms with Crippen LogP contribution in [0.2, 0.25) is 0 Å². The Hall–Kier alpha value is -4.02. The van der Waals surface area contributed by atoms with Gasteiger partial charge in [0.15, 0.2) is 0 Å². The molecule has 36 heavy (non-hydrogen) atoms. The van der Waals surface area contributed by atoms with Gasteiger partial charge in [0.25, 0.3) is 0 Å². The summed E-state index contributed by atoms with van der Waals surface area (Å²) in [5, 5.41) is 16.5. The number of benzene rings is 2. The smallest absolute Gasteiger partial charge is 0.414 e. The van der Waals surface area contributed by atoms with Crippen LogP contribution in [0.3, 0.4) is 0 Å². The van der Waals surface area contributed by atoms with Gasteiger partial charge in [0.1, 0.15) is 11.9 Å². The van der Waals surface area contributed by atoms with E-state index in [0.29, 0.717) is 36.6 Å². The molecule has 2 aromatic carbocycles. The molecule has 0 spiro atoms. The summed E-state index contributed by atoms with van der Waals surface area (Å²) in [7, 11) is -3.72. The van der Waals surface area contributed by atoms with Gasteiger partial charge in [0.05, 0.1) is 47.2 Å². The number of cyclic esters (lactones) is 1. The van der Waals surface area contributed by atoms with Crippen LogP contribution >= 0.6 is 0 Å². The van der Waals surface area contributed by atoms with Gasteiger partial charge in [-0.25, -0.2) is 22.3 Å². The van der Waals surface area contributed by atoms with E-state index < -0.39 is 28.0 Å². The van der Waals surface area contributed by atoms with E-state index >= 15 is 4.39 Å². The Labute approximate surface area is 206 Å². The molecule has 0 bridgehead atoms. The SMILES string of the molecule is N#Cc1ccc(S(=O)(=O)N2CCN(c3ccc(N4C[C@H](Cn5ccnn5)OC4=O)cc3F)CC2)cc1. The second-order valence-electron chi connectivity index (χ2n) is 8.40.